The second-order valence-corrected chi connectivity index (χ2v) is 7.12. The first-order valence-corrected chi connectivity index (χ1v) is 8.70. The van der Waals surface area contributed by atoms with Gasteiger partial charge in [0.25, 0.3) is 0 Å². The van der Waals surface area contributed by atoms with E-state index in [1.54, 1.807) is 0 Å². The number of hydrogen-bond acceptors (Lipinski definition) is 3. The molecular weight excluding hydrogens is 322 g/mol. The number of benzene rings is 1. The highest BCUT2D eigenvalue weighted by molar-refractivity contribution is 9.10. The molecule has 1 fully saturated rings. The fourth-order valence-corrected chi connectivity index (χ4v) is 3.80. The van der Waals surface area contributed by atoms with E-state index < -0.39 is 0 Å². The molecule has 1 aliphatic rings. The zero-order chi connectivity index (χ0) is 13.5. The van der Waals surface area contributed by atoms with E-state index in [0.717, 1.165) is 30.8 Å². The van der Waals surface area contributed by atoms with Crippen LogP contribution in [0.15, 0.2) is 27.6 Å². The van der Waals surface area contributed by atoms with Gasteiger partial charge in [0, 0.05) is 34.4 Å². The predicted molar refractivity (Wildman–Crippen MR) is 85.8 cm³/mol. The lowest BCUT2D eigenvalue weighted by molar-refractivity contribution is 0.1000. The van der Waals surface area contributed by atoms with Crippen LogP contribution in [0.2, 0.25) is 0 Å². The second kappa shape index (κ2) is 8.30. The van der Waals surface area contributed by atoms with Gasteiger partial charge in [-0.1, -0.05) is 22.9 Å². The lowest BCUT2D eigenvalue weighted by atomic mass is 10.2. The molecule has 1 aliphatic heterocycles. The van der Waals surface area contributed by atoms with Crippen LogP contribution in [-0.2, 0) is 11.3 Å². The Kier molecular flexibility index (Phi) is 6.71. The molecule has 0 aromatic heterocycles. The summed E-state index contributed by atoms with van der Waals surface area (Å²) in [6.45, 7) is 6.06. The largest absolute Gasteiger partial charge is 0.381 e. The normalized spacial score (nSPS) is 16.7. The number of ether oxygens (including phenoxy) is 1. The number of nitrogens with one attached hydrogen (secondary N) is 1. The van der Waals surface area contributed by atoms with Crippen LogP contribution in [0.3, 0.4) is 0 Å². The molecule has 1 heterocycles. The van der Waals surface area contributed by atoms with Crippen molar-refractivity contribution in [2.45, 2.75) is 42.9 Å². The first-order chi connectivity index (χ1) is 9.29. The van der Waals surface area contributed by atoms with Crippen LogP contribution >= 0.6 is 27.7 Å². The van der Waals surface area contributed by atoms with E-state index in [2.05, 4.69) is 46.4 Å². The molecule has 1 N–H and O–H groups in total. The predicted octanol–water partition coefficient (Wildman–Crippen LogP) is 4.22. The minimum Gasteiger partial charge on any atom is -0.381 e. The van der Waals surface area contributed by atoms with Crippen molar-refractivity contribution < 1.29 is 4.74 Å². The van der Waals surface area contributed by atoms with Crippen LogP contribution in [0.25, 0.3) is 0 Å². The van der Waals surface area contributed by atoms with Gasteiger partial charge < -0.3 is 10.1 Å². The Hall–Kier alpha value is -0.0300. The number of thioether (sulfide) groups is 1. The maximum Gasteiger partial charge on any atom is 0.0476 e. The molecule has 1 saturated heterocycles. The van der Waals surface area contributed by atoms with Gasteiger partial charge in [-0.2, -0.15) is 0 Å². The molecule has 1 aromatic carbocycles. The zero-order valence-corrected chi connectivity index (χ0v) is 13.9. The Morgan fingerprint density at radius 1 is 1.37 bits per heavy atom. The fraction of sp³-hybridized carbons (Fsp3) is 0.600. The van der Waals surface area contributed by atoms with Crippen molar-refractivity contribution >= 4 is 27.7 Å². The fourth-order valence-electron chi connectivity index (χ4n) is 2.17. The van der Waals surface area contributed by atoms with Crippen molar-refractivity contribution in [1.82, 2.24) is 5.32 Å². The second-order valence-electron chi connectivity index (χ2n) is 4.86. The highest BCUT2D eigenvalue weighted by Gasteiger charge is 2.16. The van der Waals surface area contributed by atoms with Crippen molar-refractivity contribution in [1.29, 1.82) is 0 Å². The van der Waals surface area contributed by atoms with Gasteiger partial charge in [-0.25, -0.2) is 0 Å². The van der Waals surface area contributed by atoms with Crippen LogP contribution in [0.4, 0.5) is 0 Å². The van der Waals surface area contributed by atoms with Gasteiger partial charge >= 0.3 is 0 Å². The summed E-state index contributed by atoms with van der Waals surface area (Å²) in [5.41, 5.74) is 1.40. The van der Waals surface area contributed by atoms with E-state index in [1.807, 2.05) is 11.8 Å². The third kappa shape index (κ3) is 5.10. The number of halogens is 1. The Labute approximate surface area is 128 Å². The Morgan fingerprint density at radius 3 is 2.89 bits per heavy atom. The molecule has 0 aliphatic carbocycles. The van der Waals surface area contributed by atoms with Gasteiger partial charge in [0.2, 0.25) is 0 Å². The van der Waals surface area contributed by atoms with Crippen LogP contribution < -0.4 is 5.32 Å². The van der Waals surface area contributed by atoms with E-state index in [4.69, 9.17) is 4.74 Å². The summed E-state index contributed by atoms with van der Waals surface area (Å²) >= 11 is 5.59. The van der Waals surface area contributed by atoms with Gasteiger partial charge in [-0.05, 0) is 49.6 Å². The summed E-state index contributed by atoms with van der Waals surface area (Å²) in [7, 11) is 0. The summed E-state index contributed by atoms with van der Waals surface area (Å²) in [6, 6.07) is 6.63. The van der Waals surface area contributed by atoms with E-state index in [0.29, 0.717) is 5.25 Å². The minimum atomic E-state index is 0.708. The Balaban J connectivity index is 2.00. The minimum absolute atomic E-state index is 0.708. The maximum atomic E-state index is 5.43. The molecule has 2 rings (SSSR count). The maximum absolute atomic E-state index is 5.43. The van der Waals surface area contributed by atoms with Crippen molar-refractivity contribution in [3.63, 3.8) is 0 Å². The average molecular weight is 344 g/mol. The lowest BCUT2D eigenvalue weighted by Gasteiger charge is -2.22. The molecule has 106 valence electrons. The van der Waals surface area contributed by atoms with Gasteiger partial charge in [0.1, 0.15) is 0 Å². The molecule has 0 saturated carbocycles. The molecule has 2 nitrogen and oxygen atoms in total. The molecule has 0 spiro atoms. The molecule has 0 bridgehead atoms. The third-order valence-corrected chi connectivity index (χ3v) is 5.18. The van der Waals surface area contributed by atoms with Gasteiger partial charge in [0.05, 0.1) is 0 Å². The monoisotopic (exact) mass is 343 g/mol. The molecule has 0 radical (unpaired) electrons. The van der Waals surface area contributed by atoms with Crippen molar-refractivity contribution in [2.24, 2.45) is 0 Å². The Morgan fingerprint density at radius 2 is 2.16 bits per heavy atom. The molecule has 4 heteroatoms. The van der Waals surface area contributed by atoms with Crippen molar-refractivity contribution in [3.8, 4) is 0 Å². The number of rotatable bonds is 6. The van der Waals surface area contributed by atoms with E-state index in [9.17, 15) is 0 Å². The molecular formula is C15H22BrNOS. The highest BCUT2D eigenvalue weighted by Crippen LogP contribution is 2.33. The molecule has 1 aromatic rings. The molecule has 19 heavy (non-hydrogen) atoms. The third-order valence-electron chi connectivity index (χ3n) is 3.23. The van der Waals surface area contributed by atoms with E-state index in [-0.39, 0.29) is 0 Å². The molecule has 0 atom stereocenters. The summed E-state index contributed by atoms with van der Waals surface area (Å²) < 4.78 is 6.60. The standard InChI is InChI=1S/C15H22BrNOS/c1-2-7-17-11-12-10-13(16)3-4-15(12)19-14-5-8-18-9-6-14/h3-4,10,14,17H,2,5-9,11H2,1H3. The summed E-state index contributed by atoms with van der Waals surface area (Å²) in [4.78, 5) is 1.42. The van der Waals surface area contributed by atoms with E-state index in [1.165, 1.54) is 29.7 Å². The highest BCUT2D eigenvalue weighted by atomic mass is 79.9. The van der Waals surface area contributed by atoms with Crippen LogP contribution in [0.1, 0.15) is 31.7 Å². The van der Waals surface area contributed by atoms with Gasteiger partial charge in [-0.3, -0.25) is 0 Å². The number of hydrogen-bond donors (Lipinski definition) is 1. The van der Waals surface area contributed by atoms with Crippen molar-refractivity contribution in [3.05, 3.63) is 28.2 Å². The van der Waals surface area contributed by atoms with Crippen LogP contribution in [-0.4, -0.2) is 25.0 Å². The molecule has 0 unspecified atom stereocenters. The summed E-state index contributed by atoms with van der Waals surface area (Å²) in [6.07, 6.45) is 3.52. The summed E-state index contributed by atoms with van der Waals surface area (Å²) in [5, 5.41) is 4.21. The van der Waals surface area contributed by atoms with Gasteiger partial charge in [-0.15, -0.1) is 11.8 Å². The van der Waals surface area contributed by atoms with Gasteiger partial charge in [0.15, 0.2) is 0 Å². The van der Waals surface area contributed by atoms with E-state index >= 15 is 0 Å². The average Bonchev–Trinajstić information content (AvgIpc) is 2.43. The SMILES string of the molecule is CCCNCc1cc(Br)ccc1SC1CCOCC1. The van der Waals surface area contributed by atoms with Crippen LogP contribution in [0.5, 0.6) is 0 Å². The molecule has 0 amide bonds. The zero-order valence-electron chi connectivity index (χ0n) is 11.5. The Bertz CT molecular complexity index is 394. The first kappa shape index (κ1) is 15.4. The smallest absolute Gasteiger partial charge is 0.0476 e. The quantitative estimate of drug-likeness (QED) is 0.781. The summed E-state index contributed by atoms with van der Waals surface area (Å²) in [5.74, 6) is 0. The first-order valence-electron chi connectivity index (χ1n) is 7.03. The van der Waals surface area contributed by atoms with Crippen molar-refractivity contribution in [2.75, 3.05) is 19.8 Å². The van der Waals surface area contributed by atoms with Crippen LogP contribution in [0, 0.1) is 0 Å². The topological polar surface area (TPSA) is 21.3 Å². The lowest BCUT2D eigenvalue weighted by Crippen LogP contribution is -2.18.